The van der Waals surface area contributed by atoms with E-state index < -0.39 is 5.91 Å². The molecule has 0 atom stereocenters. The van der Waals surface area contributed by atoms with Gasteiger partial charge in [-0.1, -0.05) is 40.5 Å². The van der Waals surface area contributed by atoms with Crippen LogP contribution in [0.4, 0.5) is 0 Å². The first-order chi connectivity index (χ1) is 8.14. The van der Waals surface area contributed by atoms with Crippen LogP contribution in [0, 0.1) is 0 Å². The van der Waals surface area contributed by atoms with Gasteiger partial charge in [-0.15, -0.1) is 0 Å². The molecule has 0 rings (SSSR count). The van der Waals surface area contributed by atoms with Gasteiger partial charge in [0.15, 0.2) is 0 Å². The highest BCUT2D eigenvalue weighted by atomic mass is 16.7. The number of hydrogen-bond donors (Lipinski definition) is 0. The van der Waals surface area contributed by atoms with Gasteiger partial charge < -0.3 is 9.47 Å². The SMILES string of the molecule is CCCCOC(C)(OCCCC)N(CC)CC. The van der Waals surface area contributed by atoms with Crippen LogP contribution in [0.1, 0.15) is 60.3 Å². The minimum absolute atomic E-state index is 0.548. The zero-order valence-corrected chi connectivity index (χ0v) is 12.4. The molecule has 0 N–H and O–H groups in total. The van der Waals surface area contributed by atoms with E-state index >= 15 is 0 Å². The van der Waals surface area contributed by atoms with Crippen LogP contribution < -0.4 is 0 Å². The van der Waals surface area contributed by atoms with E-state index in [1.807, 2.05) is 6.92 Å². The molecule has 0 unspecified atom stereocenters. The highest BCUT2D eigenvalue weighted by molar-refractivity contribution is 4.65. The molecule has 0 aliphatic heterocycles. The lowest BCUT2D eigenvalue weighted by Gasteiger charge is -2.39. The lowest BCUT2D eigenvalue weighted by Crippen LogP contribution is -2.51. The Hall–Kier alpha value is -0.120. The third-order valence-corrected chi connectivity index (χ3v) is 3.07. The first kappa shape index (κ1) is 16.9. The molecule has 0 aliphatic carbocycles. The molecule has 0 radical (unpaired) electrons. The fourth-order valence-corrected chi connectivity index (χ4v) is 1.83. The number of unbranched alkanes of at least 4 members (excludes halogenated alkanes) is 2. The largest absolute Gasteiger partial charge is 0.337 e. The van der Waals surface area contributed by atoms with Crippen molar-refractivity contribution in [3.05, 3.63) is 0 Å². The molecule has 0 spiro atoms. The Morgan fingerprint density at radius 3 is 1.53 bits per heavy atom. The van der Waals surface area contributed by atoms with E-state index in [1.54, 1.807) is 0 Å². The topological polar surface area (TPSA) is 21.7 Å². The second kappa shape index (κ2) is 9.86. The lowest BCUT2D eigenvalue weighted by atomic mass is 10.3. The van der Waals surface area contributed by atoms with Gasteiger partial charge in [-0.3, -0.25) is 4.90 Å². The molecule has 3 nitrogen and oxygen atoms in total. The first-order valence-corrected chi connectivity index (χ1v) is 7.17. The van der Waals surface area contributed by atoms with E-state index in [0.29, 0.717) is 0 Å². The van der Waals surface area contributed by atoms with Gasteiger partial charge in [0.05, 0.1) is 13.2 Å². The van der Waals surface area contributed by atoms with E-state index in [2.05, 4.69) is 32.6 Å². The summed E-state index contributed by atoms with van der Waals surface area (Å²) in [4.78, 5) is 2.23. The van der Waals surface area contributed by atoms with Crippen LogP contribution in [0.25, 0.3) is 0 Å². The number of nitrogens with zero attached hydrogens (tertiary/aromatic N) is 1. The highest BCUT2D eigenvalue weighted by Crippen LogP contribution is 2.19. The summed E-state index contributed by atoms with van der Waals surface area (Å²) in [5, 5.41) is 0. The van der Waals surface area contributed by atoms with Gasteiger partial charge in [0.1, 0.15) is 0 Å². The second-order valence-electron chi connectivity index (χ2n) is 4.47. The van der Waals surface area contributed by atoms with Crippen molar-refractivity contribution in [3.63, 3.8) is 0 Å². The molecule has 0 heterocycles. The maximum absolute atomic E-state index is 5.96. The molecule has 0 amide bonds. The van der Waals surface area contributed by atoms with Gasteiger partial charge in [-0.05, 0) is 12.8 Å². The summed E-state index contributed by atoms with van der Waals surface area (Å²) in [5.41, 5.74) is 0. The summed E-state index contributed by atoms with van der Waals surface area (Å²) in [6, 6.07) is 0. The zero-order valence-electron chi connectivity index (χ0n) is 12.4. The second-order valence-corrected chi connectivity index (χ2v) is 4.47. The summed E-state index contributed by atoms with van der Waals surface area (Å²) in [7, 11) is 0. The molecule has 104 valence electrons. The third-order valence-electron chi connectivity index (χ3n) is 3.07. The van der Waals surface area contributed by atoms with Crippen molar-refractivity contribution in [2.75, 3.05) is 26.3 Å². The van der Waals surface area contributed by atoms with Gasteiger partial charge in [-0.2, -0.15) is 0 Å². The van der Waals surface area contributed by atoms with Crippen LogP contribution in [0.2, 0.25) is 0 Å². The summed E-state index contributed by atoms with van der Waals surface area (Å²) >= 11 is 0. The standard InChI is InChI=1S/C14H31NO2/c1-6-10-12-16-14(5,15(8-3)9-4)17-13-11-7-2/h6-13H2,1-5H3. The van der Waals surface area contributed by atoms with Crippen molar-refractivity contribution >= 4 is 0 Å². The minimum Gasteiger partial charge on any atom is -0.337 e. The lowest BCUT2D eigenvalue weighted by molar-refractivity contribution is -0.306. The molecule has 0 fully saturated rings. The molecule has 0 saturated carbocycles. The average molecular weight is 245 g/mol. The Morgan fingerprint density at radius 2 is 1.24 bits per heavy atom. The molecule has 0 saturated heterocycles. The van der Waals surface area contributed by atoms with Crippen LogP contribution in [0.3, 0.4) is 0 Å². The van der Waals surface area contributed by atoms with Crippen molar-refractivity contribution in [3.8, 4) is 0 Å². The average Bonchev–Trinajstić information content (AvgIpc) is 2.31. The van der Waals surface area contributed by atoms with Gasteiger partial charge in [0.2, 0.25) is 5.91 Å². The Labute approximate surface area is 107 Å². The first-order valence-electron chi connectivity index (χ1n) is 7.17. The smallest absolute Gasteiger partial charge is 0.226 e. The monoisotopic (exact) mass is 245 g/mol. The van der Waals surface area contributed by atoms with Crippen molar-refractivity contribution in [2.45, 2.75) is 66.2 Å². The molecular formula is C14H31NO2. The molecule has 17 heavy (non-hydrogen) atoms. The number of ether oxygens (including phenoxy) is 2. The van der Waals surface area contributed by atoms with Crippen molar-refractivity contribution in [1.82, 2.24) is 4.90 Å². The predicted molar refractivity (Wildman–Crippen MR) is 73.0 cm³/mol. The minimum atomic E-state index is -0.548. The highest BCUT2D eigenvalue weighted by Gasteiger charge is 2.31. The number of hydrogen-bond acceptors (Lipinski definition) is 3. The van der Waals surface area contributed by atoms with Crippen molar-refractivity contribution < 1.29 is 9.47 Å². The van der Waals surface area contributed by atoms with E-state index in [9.17, 15) is 0 Å². The molecule has 0 aromatic carbocycles. The van der Waals surface area contributed by atoms with Crippen LogP contribution >= 0.6 is 0 Å². The van der Waals surface area contributed by atoms with Crippen LogP contribution in [0.5, 0.6) is 0 Å². The normalized spacial score (nSPS) is 12.4. The van der Waals surface area contributed by atoms with Crippen LogP contribution in [0.15, 0.2) is 0 Å². The van der Waals surface area contributed by atoms with E-state index in [-0.39, 0.29) is 0 Å². The third kappa shape index (κ3) is 6.39. The van der Waals surface area contributed by atoms with Crippen LogP contribution in [-0.2, 0) is 9.47 Å². The zero-order chi connectivity index (χ0) is 13.1. The van der Waals surface area contributed by atoms with Crippen molar-refractivity contribution in [1.29, 1.82) is 0 Å². The van der Waals surface area contributed by atoms with E-state index in [1.165, 1.54) is 0 Å². The molecule has 0 aliphatic rings. The predicted octanol–water partition coefficient (Wildman–Crippen LogP) is 3.64. The molecule has 3 heteroatoms. The fraction of sp³-hybridized carbons (Fsp3) is 1.00. The van der Waals surface area contributed by atoms with Gasteiger partial charge in [0.25, 0.3) is 0 Å². The summed E-state index contributed by atoms with van der Waals surface area (Å²) < 4.78 is 11.9. The van der Waals surface area contributed by atoms with Crippen LogP contribution in [-0.4, -0.2) is 37.1 Å². The Kier molecular flexibility index (Phi) is 9.79. The molecule has 0 aromatic heterocycles. The Balaban J connectivity index is 4.32. The maximum Gasteiger partial charge on any atom is 0.226 e. The van der Waals surface area contributed by atoms with Gasteiger partial charge in [-0.25, -0.2) is 0 Å². The molecular weight excluding hydrogens is 214 g/mol. The van der Waals surface area contributed by atoms with Crippen molar-refractivity contribution in [2.24, 2.45) is 0 Å². The van der Waals surface area contributed by atoms with E-state index in [4.69, 9.17) is 9.47 Å². The summed E-state index contributed by atoms with van der Waals surface area (Å²) in [6.07, 6.45) is 4.49. The fourth-order valence-electron chi connectivity index (χ4n) is 1.83. The summed E-state index contributed by atoms with van der Waals surface area (Å²) in [6.45, 7) is 14.1. The number of rotatable bonds is 11. The Bertz CT molecular complexity index is 160. The summed E-state index contributed by atoms with van der Waals surface area (Å²) in [5.74, 6) is -0.548. The molecule has 0 bridgehead atoms. The maximum atomic E-state index is 5.96. The van der Waals surface area contributed by atoms with E-state index in [0.717, 1.165) is 52.0 Å². The quantitative estimate of drug-likeness (QED) is 0.410. The molecule has 0 aromatic rings. The Morgan fingerprint density at radius 1 is 0.824 bits per heavy atom. The van der Waals surface area contributed by atoms with Gasteiger partial charge in [0, 0.05) is 20.0 Å². The van der Waals surface area contributed by atoms with Gasteiger partial charge >= 0.3 is 0 Å².